The number of nitrogens with two attached hydrogens (primary N) is 2. The van der Waals surface area contributed by atoms with Crippen LogP contribution in [0.3, 0.4) is 0 Å². The molecule has 6 amide bonds. The van der Waals surface area contributed by atoms with Gasteiger partial charge in [-0.1, -0.05) is 0 Å². The number of unbranched alkanes of at least 4 members (excludes halogenated alkanes) is 1. The van der Waals surface area contributed by atoms with Gasteiger partial charge in [-0.05, 0) is 66.0 Å². The van der Waals surface area contributed by atoms with Crippen molar-refractivity contribution < 1.29 is 53.7 Å². The lowest BCUT2D eigenvalue weighted by molar-refractivity contribution is -0.143. The number of carbonyl (C=O) groups is 8. The molecule has 0 saturated carbocycles. The molecule has 1 heterocycles. The molecule has 0 bridgehead atoms. The normalized spacial score (nSPS) is 18.4. The van der Waals surface area contributed by atoms with Gasteiger partial charge in [-0.2, -0.15) is 0 Å². The van der Waals surface area contributed by atoms with Gasteiger partial charge in [0.25, 0.3) is 0 Å². The minimum Gasteiger partial charge on any atom is -0.481 e. The van der Waals surface area contributed by atoms with Crippen molar-refractivity contribution in [3.05, 3.63) is 0 Å². The molecule has 1 aliphatic rings. The fourth-order valence-corrected chi connectivity index (χ4v) is 4.57. The number of carbonyl (C=O) groups excluding carboxylic acids is 6. The molecule has 1 rings (SSSR count). The fourth-order valence-electron chi connectivity index (χ4n) is 4.57. The first-order chi connectivity index (χ1) is 22.5. The Balaban J connectivity index is 2.84. The van der Waals surface area contributed by atoms with E-state index in [2.05, 4.69) is 37.2 Å². The van der Waals surface area contributed by atoms with Gasteiger partial charge in [-0.15, -0.1) is 0 Å². The van der Waals surface area contributed by atoms with Gasteiger partial charge >= 0.3 is 11.9 Å². The van der Waals surface area contributed by atoms with Gasteiger partial charge in [0.15, 0.2) is 0 Å². The maximum Gasteiger partial charge on any atom is 0.327 e. The second-order valence-corrected chi connectivity index (χ2v) is 11.5. The van der Waals surface area contributed by atoms with Crippen molar-refractivity contribution in [2.75, 3.05) is 19.6 Å². The third-order valence-corrected chi connectivity index (χ3v) is 7.42. The first kappa shape index (κ1) is 41.6. The number of aliphatic hydroxyl groups excluding tert-OH is 1. The Morgan fingerprint density at radius 1 is 0.792 bits per heavy atom. The molecule has 1 fully saturated rings. The van der Waals surface area contributed by atoms with Gasteiger partial charge in [-0.3, -0.25) is 33.6 Å². The van der Waals surface area contributed by atoms with Crippen LogP contribution in [-0.4, -0.2) is 131 Å². The van der Waals surface area contributed by atoms with E-state index in [4.69, 9.17) is 11.5 Å². The zero-order valence-corrected chi connectivity index (χ0v) is 27.2. The van der Waals surface area contributed by atoms with Gasteiger partial charge < -0.3 is 64.0 Å². The average molecular weight is 688 g/mol. The molecule has 0 aliphatic carbocycles. The third kappa shape index (κ3) is 14.6. The molecule has 20 nitrogen and oxygen atoms in total. The first-order valence-corrected chi connectivity index (χ1v) is 15.6. The second kappa shape index (κ2) is 20.8. The molecule has 0 radical (unpaired) electrons. The number of aliphatic carboxylic acids is 2. The Hall–Kier alpha value is -4.40. The van der Waals surface area contributed by atoms with Crippen molar-refractivity contribution in [2.45, 2.75) is 108 Å². The topological polar surface area (TPSA) is 334 Å². The lowest BCUT2D eigenvalue weighted by atomic mass is 10.1. The zero-order chi connectivity index (χ0) is 36.6. The Morgan fingerprint density at radius 2 is 1.40 bits per heavy atom. The van der Waals surface area contributed by atoms with E-state index in [1.54, 1.807) is 0 Å². The van der Waals surface area contributed by atoms with Crippen molar-refractivity contribution in [1.82, 2.24) is 37.2 Å². The van der Waals surface area contributed by atoms with Crippen LogP contribution in [0.4, 0.5) is 0 Å². The number of carboxylic acids is 2. The molecular formula is C28H49N9O11. The highest BCUT2D eigenvalue weighted by atomic mass is 16.4. The quantitative estimate of drug-likeness (QED) is 0.0502. The molecule has 1 aliphatic heterocycles. The summed E-state index contributed by atoms with van der Waals surface area (Å²) in [5.41, 5.74) is 11.1. The summed E-state index contributed by atoms with van der Waals surface area (Å²) in [4.78, 5) is 99.0. The Bertz CT molecular complexity index is 1160. The smallest absolute Gasteiger partial charge is 0.327 e. The van der Waals surface area contributed by atoms with Gasteiger partial charge in [0.2, 0.25) is 35.4 Å². The van der Waals surface area contributed by atoms with Gasteiger partial charge in [0.1, 0.15) is 36.3 Å². The molecule has 0 aromatic heterocycles. The van der Waals surface area contributed by atoms with E-state index in [0.29, 0.717) is 25.8 Å². The summed E-state index contributed by atoms with van der Waals surface area (Å²) >= 11 is 0. The highest BCUT2D eigenvalue weighted by molar-refractivity contribution is 5.97. The van der Waals surface area contributed by atoms with Crippen LogP contribution in [0.2, 0.25) is 0 Å². The largest absolute Gasteiger partial charge is 0.481 e. The number of hydrogen-bond acceptors (Lipinski definition) is 12. The van der Waals surface area contributed by atoms with E-state index in [9.17, 15) is 53.7 Å². The molecule has 8 unspecified atom stereocenters. The standard InChI is InChI=1S/C28H49N9O11/c1-13(24(43)37-22(28(47)48)16-8-6-10-31-16)33-19(39)12-32-25(44)18(11-20(40)41)36-26(45)17(7-4-5-9-29)35-23(42)14(2)34-27(46)21(30)15(3)38/h13-18,21-22,31,38H,4-12,29-30H2,1-3H3,(H,32,44)(H,33,39)(H,34,46)(H,35,42)(H,36,45)(H,37,43)(H,40,41)(H,47,48). The van der Waals surface area contributed by atoms with Crippen LogP contribution < -0.4 is 48.7 Å². The molecule has 48 heavy (non-hydrogen) atoms. The van der Waals surface area contributed by atoms with Crippen molar-refractivity contribution in [3.8, 4) is 0 Å². The van der Waals surface area contributed by atoms with Crippen LogP contribution in [0.25, 0.3) is 0 Å². The third-order valence-electron chi connectivity index (χ3n) is 7.42. The summed E-state index contributed by atoms with van der Waals surface area (Å²) < 4.78 is 0. The SMILES string of the molecule is CC(NC(=O)CNC(=O)C(CC(=O)O)NC(=O)C(CCCCN)NC(=O)C(C)NC(=O)C(N)C(C)O)C(=O)NC(C(=O)O)C1CCCN1. The van der Waals surface area contributed by atoms with Crippen molar-refractivity contribution in [3.63, 3.8) is 0 Å². The fraction of sp³-hybridized carbons (Fsp3) is 0.714. The van der Waals surface area contributed by atoms with E-state index in [1.807, 2.05) is 0 Å². The molecular weight excluding hydrogens is 638 g/mol. The predicted octanol–water partition coefficient (Wildman–Crippen LogP) is -5.29. The van der Waals surface area contributed by atoms with Crippen LogP contribution in [0.15, 0.2) is 0 Å². The van der Waals surface area contributed by atoms with E-state index in [0.717, 1.165) is 6.42 Å². The van der Waals surface area contributed by atoms with Gasteiger partial charge in [-0.25, -0.2) is 4.79 Å². The summed E-state index contributed by atoms with van der Waals surface area (Å²) in [5, 5.41) is 45.2. The summed E-state index contributed by atoms with van der Waals surface area (Å²) in [6.45, 7) is 4.05. The second-order valence-electron chi connectivity index (χ2n) is 11.5. The van der Waals surface area contributed by atoms with E-state index < -0.39 is 109 Å². The van der Waals surface area contributed by atoms with Crippen molar-refractivity contribution >= 4 is 47.4 Å². The van der Waals surface area contributed by atoms with E-state index >= 15 is 0 Å². The number of hydrogen-bond donors (Lipinski definition) is 12. The van der Waals surface area contributed by atoms with Gasteiger partial charge in [0.05, 0.1) is 19.1 Å². The van der Waals surface area contributed by atoms with Crippen LogP contribution >= 0.6 is 0 Å². The molecule has 0 aromatic rings. The van der Waals surface area contributed by atoms with Crippen molar-refractivity contribution in [2.24, 2.45) is 11.5 Å². The lowest BCUT2D eigenvalue weighted by Gasteiger charge is -2.25. The van der Waals surface area contributed by atoms with E-state index in [1.165, 1.54) is 20.8 Å². The molecule has 0 aromatic carbocycles. The minimum atomic E-state index is -1.69. The van der Waals surface area contributed by atoms with Crippen LogP contribution in [0.5, 0.6) is 0 Å². The van der Waals surface area contributed by atoms with Crippen LogP contribution in [0.1, 0.15) is 59.3 Å². The van der Waals surface area contributed by atoms with E-state index in [-0.39, 0.29) is 13.0 Å². The summed E-state index contributed by atoms with van der Waals surface area (Å²) in [5.74, 6) is -7.98. The summed E-state index contributed by atoms with van der Waals surface area (Å²) in [6.07, 6.45) is 0.0439. The maximum atomic E-state index is 13.2. The summed E-state index contributed by atoms with van der Waals surface area (Å²) in [7, 11) is 0. The number of carboxylic acid groups (broad SMARTS) is 2. The minimum absolute atomic E-state index is 0.0337. The van der Waals surface area contributed by atoms with Crippen LogP contribution in [-0.2, 0) is 38.4 Å². The first-order valence-electron chi connectivity index (χ1n) is 15.6. The number of nitrogens with one attached hydrogen (secondary N) is 7. The average Bonchev–Trinajstić information content (AvgIpc) is 3.55. The molecule has 14 N–H and O–H groups in total. The predicted molar refractivity (Wildman–Crippen MR) is 167 cm³/mol. The molecule has 8 atom stereocenters. The zero-order valence-electron chi connectivity index (χ0n) is 27.2. The summed E-state index contributed by atoms with van der Waals surface area (Å²) in [6, 6.07) is -8.37. The number of aliphatic hydroxyl groups is 1. The highest BCUT2D eigenvalue weighted by Gasteiger charge is 2.34. The molecule has 20 heteroatoms. The Kier molecular flexibility index (Phi) is 18.0. The monoisotopic (exact) mass is 687 g/mol. The Morgan fingerprint density at radius 3 is 1.94 bits per heavy atom. The lowest BCUT2D eigenvalue weighted by Crippen LogP contribution is -2.58. The Labute approximate surface area is 277 Å². The molecule has 0 spiro atoms. The van der Waals surface area contributed by atoms with Crippen LogP contribution in [0, 0.1) is 0 Å². The highest BCUT2D eigenvalue weighted by Crippen LogP contribution is 2.10. The molecule has 272 valence electrons. The van der Waals surface area contributed by atoms with Gasteiger partial charge in [0, 0.05) is 6.04 Å². The molecule has 1 saturated heterocycles. The maximum absolute atomic E-state index is 13.2. The van der Waals surface area contributed by atoms with Crippen molar-refractivity contribution in [1.29, 1.82) is 0 Å². The number of amides is 6. The number of rotatable bonds is 21.